The molecule has 4 saturated heterocycles. The number of fused-ring (bicyclic) bond motifs is 3. The van der Waals surface area contributed by atoms with Crippen molar-refractivity contribution in [2.45, 2.75) is 101 Å². The third kappa shape index (κ3) is 4.06. The summed E-state index contributed by atoms with van der Waals surface area (Å²) in [6.45, 7) is 6.48. The molecular weight excluding hydrogens is 392 g/mol. The SMILES string of the molecule is CC1(C)O[C@H]2[C@@H](O1)[C@@H](CO[C@H]1O[C@H]([C@H](O)CO)[C@H](O)[C@@H]1O)O[C@@H]1OC(C)(C)O[C@@H]12. The molecule has 168 valence electrons. The zero-order valence-corrected chi connectivity index (χ0v) is 16.8. The molecule has 0 aromatic carbocycles. The van der Waals surface area contributed by atoms with Gasteiger partial charge in [0, 0.05) is 0 Å². The van der Waals surface area contributed by atoms with Gasteiger partial charge in [0.15, 0.2) is 24.2 Å². The zero-order valence-electron chi connectivity index (χ0n) is 16.8. The first kappa shape index (κ1) is 21.8. The molecule has 0 amide bonds. The summed E-state index contributed by atoms with van der Waals surface area (Å²) in [6.07, 6.45) is -9.22. The molecule has 0 saturated carbocycles. The molecule has 0 unspecified atom stereocenters. The van der Waals surface area contributed by atoms with Gasteiger partial charge in [-0.05, 0) is 27.7 Å². The molecule has 29 heavy (non-hydrogen) atoms. The van der Waals surface area contributed by atoms with Crippen LogP contribution in [0.15, 0.2) is 0 Å². The Balaban J connectivity index is 1.43. The lowest BCUT2D eigenvalue weighted by Crippen LogP contribution is -2.56. The van der Waals surface area contributed by atoms with Crippen molar-refractivity contribution in [1.82, 2.24) is 0 Å². The van der Waals surface area contributed by atoms with Gasteiger partial charge in [-0.3, -0.25) is 0 Å². The van der Waals surface area contributed by atoms with Crippen LogP contribution in [0.4, 0.5) is 0 Å². The van der Waals surface area contributed by atoms with E-state index in [4.69, 9.17) is 38.3 Å². The van der Waals surface area contributed by atoms with E-state index in [9.17, 15) is 15.3 Å². The second-order valence-electron chi connectivity index (χ2n) is 8.74. The van der Waals surface area contributed by atoms with Crippen LogP contribution < -0.4 is 0 Å². The van der Waals surface area contributed by atoms with Crippen LogP contribution in [0, 0.1) is 0 Å². The standard InChI is InChI=1S/C18H30O11/c1-17(2)26-12-8(24-16-14(13(12)27-17)28-18(3,4)29-16)6-23-15-10(22)9(21)11(25-15)7(20)5-19/h7-16,19-22H,5-6H2,1-4H3/t7-,8-,9-,10+,11-,12+,13+,14-,15+,16-/m1/s1. The molecule has 11 heteroatoms. The monoisotopic (exact) mass is 422 g/mol. The van der Waals surface area contributed by atoms with E-state index in [0.717, 1.165) is 0 Å². The predicted octanol–water partition coefficient (Wildman–Crippen LogP) is -1.80. The van der Waals surface area contributed by atoms with Gasteiger partial charge in [-0.15, -0.1) is 0 Å². The van der Waals surface area contributed by atoms with Gasteiger partial charge in [0.25, 0.3) is 0 Å². The Hall–Kier alpha value is -0.440. The van der Waals surface area contributed by atoms with Crippen LogP contribution in [-0.4, -0.2) is 107 Å². The predicted molar refractivity (Wildman–Crippen MR) is 92.2 cm³/mol. The van der Waals surface area contributed by atoms with Gasteiger partial charge in [0.2, 0.25) is 0 Å². The van der Waals surface area contributed by atoms with Crippen LogP contribution in [0.25, 0.3) is 0 Å². The summed E-state index contributed by atoms with van der Waals surface area (Å²) in [6, 6.07) is 0. The molecule has 0 spiro atoms. The average molecular weight is 422 g/mol. The highest BCUT2D eigenvalue weighted by atomic mass is 16.9. The number of aliphatic hydroxyl groups excluding tert-OH is 4. The van der Waals surface area contributed by atoms with Crippen molar-refractivity contribution in [3.63, 3.8) is 0 Å². The third-order valence-corrected chi connectivity index (χ3v) is 5.50. The Kier molecular flexibility index (Phi) is 5.71. The molecule has 0 aliphatic carbocycles. The van der Waals surface area contributed by atoms with Gasteiger partial charge in [0.05, 0.1) is 13.2 Å². The quantitative estimate of drug-likeness (QED) is 0.398. The molecule has 11 nitrogen and oxygen atoms in total. The number of hydrogen-bond donors (Lipinski definition) is 4. The van der Waals surface area contributed by atoms with Gasteiger partial charge in [-0.2, -0.15) is 0 Å². The first-order valence-electron chi connectivity index (χ1n) is 9.80. The summed E-state index contributed by atoms with van der Waals surface area (Å²) in [4.78, 5) is 0. The van der Waals surface area contributed by atoms with E-state index in [1.54, 1.807) is 27.7 Å². The van der Waals surface area contributed by atoms with E-state index < -0.39 is 79.6 Å². The topological polar surface area (TPSA) is 146 Å². The summed E-state index contributed by atoms with van der Waals surface area (Å²) in [5, 5.41) is 39.0. The average Bonchev–Trinajstić information content (AvgIpc) is 3.23. The van der Waals surface area contributed by atoms with E-state index in [0.29, 0.717) is 0 Å². The van der Waals surface area contributed by atoms with E-state index >= 15 is 0 Å². The molecule has 4 rings (SSSR count). The van der Waals surface area contributed by atoms with Gasteiger partial charge in [-0.1, -0.05) is 0 Å². The Morgan fingerprint density at radius 2 is 1.48 bits per heavy atom. The lowest BCUT2D eigenvalue weighted by molar-refractivity contribution is -0.261. The van der Waals surface area contributed by atoms with Crippen molar-refractivity contribution in [2.75, 3.05) is 13.2 Å². The second kappa shape index (κ2) is 7.61. The summed E-state index contributed by atoms with van der Waals surface area (Å²) in [5.41, 5.74) is 0. The molecule has 4 aliphatic heterocycles. The van der Waals surface area contributed by atoms with Crippen LogP contribution in [0.3, 0.4) is 0 Å². The van der Waals surface area contributed by atoms with Crippen molar-refractivity contribution in [3.05, 3.63) is 0 Å². The maximum atomic E-state index is 10.2. The number of ether oxygens (including phenoxy) is 7. The Bertz CT molecular complexity index is 598. The first-order chi connectivity index (χ1) is 13.5. The zero-order chi connectivity index (χ0) is 21.1. The lowest BCUT2D eigenvalue weighted by atomic mass is 9.99. The largest absolute Gasteiger partial charge is 0.394 e. The second-order valence-corrected chi connectivity index (χ2v) is 8.74. The van der Waals surface area contributed by atoms with Crippen molar-refractivity contribution < 1.29 is 53.6 Å². The minimum atomic E-state index is -1.40. The van der Waals surface area contributed by atoms with Gasteiger partial charge in [-0.25, -0.2) is 0 Å². The molecule has 4 aliphatic rings. The minimum Gasteiger partial charge on any atom is -0.394 e. The maximum Gasteiger partial charge on any atom is 0.190 e. The molecule has 0 bridgehead atoms. The molecule has 4 fully saturated rings. The Morgan fingerprint density at radius 3 is 2.17 bits per heavy atom. The van der Waals surface area contributed by atoms with E-state index in [1.807, 2.05) is 0 Å². The number of aliphatic hydroxyl groups is 4. The summed E-state index contributed by atoms with van der Waals surface area (Å²) in [5.74, 6) is -1.69. The third-order valence-electron chi connectivity index (χ3n) is 5.50. The number of hydrogen-bond acceptors (Lipinski definition) is 11. The van der Waals surface area contributed by atoms with Gasteiger partial charge >= 0.3 is 0 Å². The minimum absolute atomic E-state index is 0.0516. The molecule has 0 aromatic rings. The smallest absolute Gasteiger partial charge is 0.190 e. The Labute approximate surface area is 168 Å². The molecule has 4 N–H and O–H groups in total. The first-order valence-corrected chi connectivity index (χ1v) is 9.80. The molecular formula is C18H30O11. The van der Waals surface area contributed by atoms with Crippen LogP contribution in [0.2, 0.25) is 0 Å². The Morgan fingerprint density at radius 1 is 0.862 bits per heavy atom. The fourth-order valence-electron chi connectivity index (χ4n) is 4.25. The summed E-state index contributed by atoms with van der Waals surface area (Å²) < 4.78 is 40.8. The maximum absolute atomic E-state index is 10.2. The van der Waals surface area contributed by atoms with Crippen molar-refractivity contribution >= 4 is 0 Å². The van der Waals surface area contributed by atoms with Crippen molar-refractivity contribution in [1.29, 1.82) is 0 Å². The highest BCUT2D eigenvalue weighted by Gasteiger charge is 2.61. The fourth-order valence-corrected chi connectivity index (χ4v) is 4.25. The molecule has 0 radical (unpaired) electrons. The van der Waals surface area contributed by atoms with E-state index in [1.165, 1.54) is 0 Å². The lowest BCUT2D eigenvalue weighted by Gasteiger charge is -2.37. The van der Waals surface area contributed by atoms with Crippen molar-refractivity contribution in [3.8, 4) is 0 Å². The van der Waals surface area contributed by atoms with Crippen LogP contribution in [0.5, 0.6) is 0 Å². The highest BCUT2D eigenvalue weighted by Crippen LogP contribution is 2.44. The molecule has 0 aromatic heterocycles. The van der Waals surface area contributed by atoms with Crippen molar-refractivity contribution in [2.24, 2.45) is 0 Å². The number of rotatable bonds is 5. The summed E-state index contributed by atoms with van der Waals surface area (Å²) >= 11 is 0. The highest BCUT2D eigenvalue weighted by molar-refractivity contribution is 5.00. The van der Waals surface area contributed by atoms with Crippen LogP contribution >= 0.6 is 0 Å². The molecule has 4 heterocycles. The fraction of sp³-hybridized carbons (Fsp3) is 1.00. The van der Waals surface area contributed by atoms with E-state index in [-0.39, 0.29) is 6.61 Å². The van der Waals surface area contributed by atoms with Gasteiger partial charge < -0.3 is 53.6 Å². The van der Waals surface area contributed by atoms with Crippen LogP contribution in [0.1, 0.15) is 27.7 Å². The summed E-state index contributed by atoms with van der Waals surface area (Å²) in [7, 11) is 0. The van der Waals surface area contributed by atoms with E-state index in [2.05, 4.69) is 0 Å². The van der Waals surface area contributed by atoms with Crippen LogP contribution in [-0.2, 0) is 33.2 Å². The molecule has 10 atom stereocenters. The normalized spacial score (nSPS) is 49.0. The van der Waals surface area contributed by atoms with Gasteiger partial charge in [0.1, 0.15) is 48.8 Å².